The van der Waals surface area contributed by atoms with Gasteiger partial charge in [0.05, 0.1) is 0 Å². The Kier molecular flexibility index (Phi) is 6.49. The normalized spacial score (nSPS) is 9.27. The first-order chi connectivity index (χ1) is 5.16. The van der Waals surface area contributed by atoms with Gasteiger partial charge in [-0.2, -0.15) is 0 Å². The average Bonchev–Trinajstić information content (AvgIpc) is 1.87. The third kappa shape index (κ3) is 7.77. The number of hydrogen-bond acceptors (Lipinski definition) is 2. The fourth-order valence-corrected chi connectivity index (χ4v) is 1.05. The van der Waals surface area contributed by atoms with Crippen molar-refractivity contribution in [1.82, 2.24) is 5.32 Å². The standard InChI is InChI=1S/C7H12INO2/c1-2-9-7(11)5-3-4-6(8)10/h2-5H2,1H3,(H,9,11). The molecule has 0 aromatic rings. The molecule has 0 rings (SSSR count). The van der Waals surface area contributed by atoms with Crippen molar-refractivity contribution in [3.05, 3.63) is 0 Å². The van der Waals surface area contributed by atoms with Gasteiger partial charge in [0.25, 0.3) is 0 Å². The zero-order valence-electron chi connectivity index (χ0n) is 6.52. The van der Waals surface area contributed by atoms with Crippen LogP contribution in [0.3, 0.4) is 0 Å². The zero-order chi connectivity index (χ0) is 8.69. The molecule has 0 unspecified atom stereocenters. The largest absolute Gasteiger partial charge is 0.356 e. The molecule has 0 aliphatic rings. The Labute approximate surface area is 80.1 Å². The van der Waals surface area contributed by atoms with Crippen LogP contribution in [0, 0.1) is 0 Å². The van der Waals surface area contributed by atoms with Crippen molar-refractivity contribution in [2.24, 2.45) is 0 Å². The van der Waals surface area contributed by atoms with Gasteiger partial charge in [-0.1, -0.05) is 0 Å². The van der Waals surface area contributed by atoms with Crippen molar-refractivity contribution >= 4 is 32.3 Å². The van der Waals surface area contributed by atoms with Crippen molar-refractivity contribution < 1.29 is 9.59 Å². The van der Waals surface area contributed by atoms with Gasteiger partial charge >= 0.3 is 0 Å². The molecule has 64 valence electrons. The molecule has 0 bridgehead atoms. The van der Waals surface area contributed by atoms with E-state index in [2.05, 4.69) is 5.32 Å². The first-order valence-electron chi connectivity index (χ1n) is 3.61. The van der Waals surface area contributed by atoms with Gasteiger partial charge in [0.15, 0.2) is 3.79 Å². The number of amides is 1. The van der Waals surface area contributed by atoms with Crippen LogP contribution in [-0.4, -0.2) is 16.2 Å². The maximum Gasteiger partial charge on any atom is 0.219 e. The van der Waals surface area contributed by atoms with Crippen LogP contribution in [0.25, 0.3) is 0 Å². The first kappa shape index (κ1) is 10.9. The van der Waals surface area contributed by atoms with Gasteiger partial charge < -0.3 is 5.32 Å². The van der Waals surface area contributed by atoms with E-state index >= 15 is 0 Å². The van der Waals surface area contributed by atoms with Gasteiger partial charge in [-0.05, 0) is 35.9 Å². The number of rotatable bonds is 5. The van der Waals surface area contributed by atoms with Crippen LogP contribution in [0.15, 0.2) is 0 Å². The highest BCUT2D eigenvalue weighted by atomic mass is 127. The van der Waals surface area contributed by atoms with Crippen LogP contribution < -0.4 is 5.32 Å². The van der Waals surface area contributed by atoms with Crippen LogP contribution in [-0.2, 0) is 9.59 Å². The SMILES string of the molecule is CCNC(=O)CCCC(=O)I. The first-order valence-corrected chi connectivity index (χ1v) is 4.69. The van der Waals surface area contributed by atoms with E-state index in [1.54, 1.807) is 22.6 Å². The molecule has 0 aliphatic carbocycles. The molecular formula is C7H12INO2. The van der Waals surface area contributed by atoms with E-state index in [1.165, 1.54) is 0 Å². The van der Waals surface area contributed by atoms with Crippen LogP contribution in [0.2, 0.25) is 0 Å². The highest BCUT2D eigenvalue weighted by Gasteiger charge is 2.00. The minimum absolute atomic E-state index is 0.0325. The van der Waals surface area contributed by atoms with E-state index in [-0.39, 0.29) is 9.70 Å². The van der Waals surface area contributed by atoms with Crippen molar-refractivity contribution in [3.63, 3.8) is 0 Å². The average molecular weight is 269 g/mol. The lowest BCUT2D eigenvalue weighted by atomic mass is 10.2. The molecule has 0 aromatic heterocycles. The van der Waals surface area contributed by atoms with Crippen LogP contribution in [0.5, 0.6) is 0 Å². The maximum absolute atomic E-state index is 10.8. The minimum Gasteiger partial charge on any atom is -0.356 e. The van der Waals surface area contributed by atoms with Gasteiger partial charge in [-0.25, -0.2) is 0 Å². The van der Waals surface area contributed by atoms with Crippen molar-refractivity contribution in [2.75, 3.05) is 6.54 Å². The lowest BCUT2D eigenvalue weighted by Crippen LogP contribution is -2.22. The topological polar surface area (TPSA) is 46.2 Å². The Hall–Kier alpha value is -0.130. The molecule has 1 N–H and O–H groups in total. The fourth-order valence-electron chi connectivity index (χ4n) is 0.673. The Bertz CT molecular complexity index is 147. The van der Waals surface area contributed by atoms with E-state index < -0.39 is 0 Å². The van der Waals surface area contributed by atoms with Crippen LogP contribution in [0.1, 0.15) is 26.2 Å². The Morgan fingerprint density at radius 3 is 2.45 bits per heavy atom. The van der Waals surface area contributed by atoms with Gasteiger partial charge in [-0.15, -0.1) is 0 Å². The molecule has 1 amide bonds. The Morgan fingerprint density at radius 1 is 1.36 bits per heavy atom. The minimum atomic E-state index is 0.0325. The summed E-state index contributed by atoms with van der Waals surface area (Å²) in [6.45, 7) is 2.54. The highest BCUT2D eigenvalue weighted by Crippen LogP contribution is 2.00. The van der Waals surface area contributed by atoms with E-state index in [9.17, 15) is 9.59 Å². The van der Waals surface area contributed by atoms with E-state index in [0.29, 0.717) is 25.8 Å². The van der Waals surface area contributed by atoms with E-state index in [4.69, 9.17) is 0 Å². The number of nitrogens with one attached hydrogen (secondary N) is 1. The molecule has 0 heterocycles. The molecule has 0 saturated heterocycles. The van der Waals surface area contributed by atoms with Gasteiger partial charge in [-0.3, -0.25) is 9.59 Å². The number of carbonyl (C=O) groups is 2. The van der Waals surface area contributed by atoms with Crippen LogP contribution >= 0.6 is 22.6 Å². The van der Waals surface area contributed by atoms with Gasteiger partial charge in [0.1, 0.15) is 0 Å². The van der Waals surface area contributed by atoms with E-state index in [0.717, 1.165) is 0 Å². The summed E-state index contributed by atoms with van der Waals surface area (Å²) in [5.74, 6) is 0.0325. The molecule has 0 fully saturated rings. The van der Waals surface area contributed by atoms with Crippen molar-refractivity contribution in [3.8, 4) is 0 Å². The summed E-state index contributed by atoms with van der Waals surface area (Å²) in [5.41, 5.74) is 0. The lowest BCUT2D eigenvalue weighted by Gasteiger charge is -1.98. The third-order valence-corrected chi connectivity index (χ3v) is 1.69. The number of hydrogen-bond donors (Lipinski definition) is 1. The fraction of sp³-hybridized carbons (Fsp3) is 0.714. The van der Waals surface area contributed by atoms with Crippen molar-refractivity contribution in [2.45, 2.75) is 26.2 Å². The van der Waals surface area contributed by atoms with Crippen molar-refractivity contribution in [1.29, 1.82) is 0 Å². The third-order valence-electron chi connectivity index (χ3n) is 1.15. The summed E-state index contributed by atoms with van der Waals surface area (Å²) < 4.78 is 0.117. The molecule has 11 heavy (non-hydrogen) atoms. The van der Waals surface area contributed by atoms with Gasteiger partial charge in [0.2, 0.25) is 5.91 Å². The quantitative estimate of drug-likeness (QED) is 0.603. The molecule has 0 aromatic carbocycles. The van der Waals surface area contributed by atoms with Crippen LogP contribution in [0.4, 0.5) is 0 Å². The number of carbonyl (C=O) groups excluding carboxylic acids is 2. The summed E-state index contributed by atoms with van der Waals surface area (Å²) in [6.07, 6.45) is 1.62. The second-order valence-electron chi connectivity index (χ2n) is 2.16. The molecular weight excluding hydrogens is 257 g/mol. The second kappa shape index (κ2) is 6.57. The summed E-state index contributed by atoms with van der Waals surface area (Å²) in [4.78, 5) is 21.2. The zero-order valence-corrected chi connectivity index (χ0v) is 8.68. The highest BCUT2D eigenvalue weighted by molar-refractivity contribution is 14.1. The molecule has 3 nitrogen and oxygen atoms in total. The Balaban J connectivity index is 3.24. The molecule has 0 aliphatic heterocycles. The molecule has 4 heteroatoms. The summed E-state index contributed by atoms with van der Waals surface area (Å²) >= 11 is 1.74. The molecule has 0 atom stereocenters. The summed E-state index contributed by atoms with van der Waals surface area (Å²) in [7, 11) is 0. The predicted molar refractivity (Wildman–Crippen MR) is 51.6 cm³/mol. The van der Waals surface area contributed by atoms with Gasteiger partial charge in [0, 0.05) is 19.4 Å². The smallest absolute Gasteiger partial charge is 0.219 e. The molecule has 0 spiro atoms. The summed E-state index contributed by atoms with van der Waals surface area (Å²) in [5, 5.41) is 2.67. The Morgan fingerprint density at radius 2 is 2.00 bits per heavy atom. The maximum atomic E-state index is 10.8. The number of halogens is 1. The van der Waals surface area contributed by atoms with E-state index in [1.807, 2.05) is 6.92 Å². The molecule has 0 radical (unpaired) electrons. The molecule has 0 saturated carbocycles. The second-order valence-corrected chi connectivity index (χ2v) is 3.37. The monoisotopic (exact) mass is 269 g/mol. The lowest BCUT2D eigenvalue weighted by molar-refractivity contribution is -0.121. The summed E-state index contributed by atoms with van der Waals surface area (Å²) in [6, 6.07) is 0. The predicted octanol–water partition coefficient (Wildman–Crippen LogP) is 1.25.